The number of carbonyl (C=O) groups is 1. The summed E-state index contributed by atoms with van der Waals surface area (Å²) in [7, 11) is 0. The van der Waals surface area contributed by atoms with Crippen molar-refractivity contribution >= 4 is 34.3 Å². The summed E-state index contributed by atoms with van der Waals surface area (Å²) in [4.78, 5) is 18.3. The quantitative estimate of drug-likeness (QED) is 0.735. The molecular formula is C10H14ClN3O3S. The van der Waals surface area contributed by atoms with Gasteiger partial charge < -0.3 is 15.9 Å². The molecule has 6 nitrogen and oxygen atoms in total. The lowest BCUT2D eigenvalue weighted by molar-refractivity contribution is -0.109. The van der Waals surface area contributed by atoms with Gasteiger partial charge in [0.2, 0.25) is 0 Å². The van der Waals surface area contributed by atoms with E-state index >= 15 is 0 Å². The molecule has 0 aliphatic heterocycles. The van der Waals surface area contributed by atoms with Crippen LogP contribution in [0, 0.1) is 0 Å². The minimum Gasteiger partial charge on any atom is -0.390 e. The SMILES string of the molecule is CC(=O)SCCC(O)C(O)c1cnc(N)c(Cl)n1. The van der Waals surface area contributed by atoms with Crippen LogP contribution in [-0.4, -0.2) is 37.2 Å². The lowest BCUT2D eigenvalue weighted by Crippen LogP contribution is -2.20. The van der Waals surface area contributed by atoms with E-state index in [1.54, 1.807) is 0 Å². The summed E-state index contributed by atoms with van der Waals surface area (Å²) >= 11 is 6.75. The summed E-state index contributed by atoms with van der Waals surface area (Å²) in [5.74, 6) is 0.484. The Balaban J connectivity index is 2.59. The van der Waals surface area contributed by atoms with Gasteiger partial charge in [0.05, 0.1) is 18.0 Å². The van der Waals surface area contributed by atoms with Crippen molar-refractivity contribution in [1.82, 2.24) is 9.97 Å². The first kappa shape index (κ1) is 15.2. The molecule has 0 aliphatic rings. The molecule has 0 radical (unpaired) electrons. The van der Waals surface area contributed by atoms with Crippen LogP contribution in [0.15, 0.2) is 6.20 Å². The second-order valence-electron chi connectivity index (χ2n) is 3.61. The average molecular weight is 292 g/mol. The van der Waals surface area contributed by atoms with Gasteiger partial charge in [-0.1, -0.05) is 23.4 Å². The third-order valence-corrected chi connectivity index (χ3v) is 3.29. The number of hydrogen-bond acceptors (Lipinski definition) is 7. The first-order chi connectivity index (χ1) is 8.41. The molecule has 1 aromatic rings. The molecule has 18 heavy (non-hydrogen) atoms. The van der Waals surface area contributed by atoms with E-state index in [2.05, 4.69) is 9.97 Å². The fraction of sp³-hybridized carbons (Fsp3) is 0.500. The summed E-state index contributed by atoms with van der Waals surface area (Å²) in [6.07, 6.45) is -0.725. The van der Waals surface area contributed by atoms with Crippen LogP contribution in [0.1, 0.15) is 25.1 Å². The smallest absolute Gasteiger partial charge is 0.185 e. The van der Waals surface area contributed by atoms with Crippen molar-refractivity contribution < 1.29 is 15.0 Å². The number of thioether (sulfide) groups is 1. The van der Waals surface area contributed by atoms with Gasteiger partial charge in [-0.05, 0) is 6.42 Å². The van der Waals surface area contributed by atoms with Crippen LogP contribution in [-0.2, 0) is 4.79 Å². The van der Waals surface area contributed by atoms with E-state index in [9.17, 15) is 15.0 Å². The van der Waals surface area contributed by atoms with Crippen molar-refractivity contribution in [2.75, 3.05) is 11.5 Å². The number of nitrogens with two attached hydrogens (primary N) is 1. The maximum absolute atomic E-state index is 10.7. The van der Waals surface area contributed by atoms with Gasteiger partial charge in [-0.25, -0.2) is 9.97 Å². The minimum atomic E-state index is -1.21. The molecule has 1 rings (SSSR count). The molecule has 8 heteroatoms. The molecule has 2 atom stereocenters. The molecular weight excluding hydrogens is 278 g/mol. The Hall–Kier alpha value is -0.890. The van der Waals surface area contributed by atoms with E-state index in [0.29, 0.717) is 5.75 Å². The standard InChI is InChI=1S/C10H14ClN3O3S/c1-5(15)18-3-2-7(16)8(17)6-4-13-10(12)9(11)14-6/h4,7-8,16-17H,2-3H2,1H3,(H2,12,13). The fourth-order valence-corrected chi connectivity index (χ4v) is 2.00. The predicted octanol–water partition coefficient (Wildman–Crippen LogP) is 0.776. The Labute approximate surface area is 114 Å². The highest BCUT2D eigenvalue weighted by atomic mass is 35.5. The first-order valence-corrected chi connectivity index (χ1v) is 6.55. The molecule has 0 bridgehead atoms. The number of hydrogen-bond donors (Lipinski definition) is 3. The Morgan fingerprint density at radius 1 is 1.61 bits per heavy atom. The summed E-state index contributed by atoms with van der Waals surface area (Å²) < 4.78 is 0. The first-order valence-electron chi connectivity index (χ1n) is 5.19. The van der Waals surface area contributed by atoms with Gasteiger partial charge in [-0.2, -0.15) is 0 Å². The Morgan fingerprint density at radius 2 is 2.28 bits per heavy atom. The van der Waals surface area contributed by atoms with Crippen molar-refractivity contribution in [3.8, 4) is 0 Å². The number of aliphatic hydroxyl groups excluding tert-OH is 2. The molecule has 0 aliphatic carbocycles. The predicted molar refractivity (Wildman–Crippen MR) is 70.2 cm³/mol. The number of aromatic nitrogens is 2. The van der Waals surface area contributed by atoms with Crippen molar-refractivity contribution in [2.45, 2.75) is 25.6 Å². The van der Waals surface area contributed by atoms with Crippen LogP contribution in [0.25, 0.3) is 0 Å². The highest BCUT2D eigenvalue weighted by molar-refractivity contribution is 8.13. The topological polar surface area (TPSA) is 109 Å². The summed E-state index contributed by atoms with van der Waals surface area (Å²) in [5.41, 5.74) is 5.54. The number of rotatable bonds is 5. The van der Waals surface area contributed by atoms with Gasteiger partial charge >= 0.3 is 0 Å². The summed E-state index contributed by atoms with van der Waals surface area (Å²) in [6, 6.07) is 0. The third-order valence-electron chi connectivity index (χ3n) is 2.16. The number of nitrogen functional groups attached to an aromatic ring is 1. The third kappa shape index (κ3) is 4.41. The minimum absolute atomic E-state index is 0.0168. The fourth-order valence-electron chi connectivity index (χ4n) is 1.21. The molecule has 1 heterocycles. The maximum atomic E-state index is 10.7. The van der Waals surface area contributed by atoms with Crippen molar-refractivity contribution in [1.29, 1.82) is 0 Å². The van der Waals surface area contributed by atoms with Crippen LogP contribution < -0.4 is 5.73 Å². The number of carbonyl (C=O) groups excluding carboxylic acids is 1. The zero-order chi connectivity index (χ0) is 13.7. The highest BCUT2D eigenvalue weighted by Gasteiger charge is 2.20. The second kappa shape index (κ2) is 6.89. The van der Waals surface area contributed by atoms with Crippen LogP contribution in [0.3, 0.4) is 0 Å². The lowest BCUT2D eigenvalue weighted by Gasteiger charge is -2.16. The highest BCUT2D eigenvalue weighted by Crippen LogP contribution is 2.21. The maximum Gasteiger partial charge on any atom is 0.185 e. The molecule has 0 saturated heterocycles. The summed E-state index contributed by atoms with van der Waals surface area (Å²) in [6.45, 7) is 1.44. The Morgan fingerprint density at radius 3 is 2.83 bits per heavy atom. The molecule has 0 spiro atoms. The van der Waals surface area contributed by atoms with Crippen LogP contribution in [0.2, 0.25) is 5.15 Å². The molecule has 0 aromatic carbocycles. The van der Waals surface area contributed by atoms with Crippen LogP contribution >= 0.6 is 23.4 Å². The average Bonchev–Trinajstić information content (AvgIpc) is 2.31. The van der Waals surface area contributed by atoms with Gasteiger partial charge in [0, 0.05) is 12.7 Å². The number of aliphatic hydroxyl groups is 2. The Kier molecular flexibility index (Phi) is 5.80. The molecule has 1 aromatic heterocycles. The van der Waals surface area contributed by atoms with E-state index in [4.69, 9.17) is 17.3 Å². The largest absolute Gasteiger partial charge is 0.390 e. The number of anilines is 1. The molecule has 4 N–H and O–H groups in total. The molecule has 0 amide bonds. The van der Waals surface area contributed by atoms with Crippen molar-refractivity contribution in [2.24, 2.45) is 0 Å². The zero-order valence-electron chi connectivity index (χ0n) is 9.71. The second-order valence-corrected chi connectivity index (χ2v) is 5.24. The van der Waals surface area contributed by atoms with Crippen molar-refractivity contribution in [3.63, 3.8) is 0 Å². The van der Waals surface area contributed by atoms with Gasteiger partial charge in [-0.3, -0.25) is 4.79 Å². The van der Waals surface area contributed by atoms with E-state index in [0.717, 1.165) is 11.8 Å². The van der Waals surface area contributed by atoms with E-state index < -0.39 is 12.2 Å². The summed E-state index contributed by atoms with van der Waals surface area (Å²) in [5, 5.41) is 19.5. The molecule has 2 unspecified atom stereocenters. The van der Waals surface area contributed by atoms with E-state index in [1.807, 2.05) is 0 Å². The number of halogens is 1. The normalized spacial score (nSPS) is 14.2. The number of nitrogens with zero attached hydrogens (tertiary/aromatic N) is 2. The van der Waals surface area contributed by atoms with Gasteiger partial charge in [0.25, 0.3) is 0 Å². The van der Waals surface area contributed by atoms with E-state index in [-0.39, 0.29) is 28.2 Å². The molecule has 0 fully saturated rings. The zero-order valence-corrected chi connectivity index (χ0v) is 11.3. The molecule has 100 valence electrons. The van der Waals surface area contributed by atoms with Crippen molar-refractivity contribution in [3.05, 3.63) is 17.0 Å². The Bertz CT molecular complexity index is 433. The van der Waals surface area contributed by atoms with Crippen LogP contribution in [0.4, 0.5) is 5.82 Å². The van der Waals surface area contributed by atoms with E-state index in [1.165, 1.54) is 13.1 Å². The van der Waals surface area contributed by atoms with Gasteiger partial charge in [0.15, 0.2) is 16.1 Å². The van der Waals surface area contributed by atoms with Gasteiger partial charge in [-0.15, -0.1) is 0 Å². The lowest BCUT2D eigenvalue weighted by atomic mass is 10.1. The monoisotopic (exact) mass is 291 g/mol. The van der Waals surface area contributed by atoms with Gasteiger partial charge in [0.1, 0.15) is 6.10 Å². The van der Waals surface area contributed by atoms with Crippen LogP contribution in [0.5, 0.6) is 0 Å². The molecule has 0 saturated carbocycles.